The molecule has 0 aromatic heterocycles. The topological polar surface area (TPSA) is 105 Å². The van der Waals surface area contributed by atoms with Crippen molar-refractivity contribution in [3.05, 3.63) is 52.0 Å². The zero-order valence-corrected chi connectivity index (χ0v) is 22.8. The molecule has 0 fully saturated rings. The summed E-state index contributed by atoms with van der Waals surface area (Å²) in [5.41, 5.74) is 0.872. The van der Waals surface area contributed by atoms with Crippen LogP contribution in [0.25, 0.3) is 0 Å². The summed E-state index contributed by atoms with van der Waals surface area (Å²) in [6.07, 6.45) is 1.01. The first-order valence-corrected chi connectivity index (χ1v) is 13.9. The lowest BCUT2D eigenvalue weighted by molar-refractivity contribution is -0.139. The van der Waals surface area contributed by atoms with Gasteiger partial charge in [0.25, 0.3) is 0 Å². The van der Waals surface area contributed by atoms with Crippen LogP contribution in [-0.4, -0.2) is 57.3 Å². The van der Waals surface area contributed by atoms with Crippen molar-refractivity contribution in [3.63, 3.8) is 0 Å². The van der Waals surface area contributed by atoms with Crippen LogP contribution in [0.1, 0.15) is 26.3 Å². The molecule has 1 N–H and O–H groups in total. The third-order valence-electron chi connectivity index (χ3n) is 5.51. The van der Waals surface area contributed by atoms with Crippen molar-refractivity contribution in [1.82, 2.24) is 10.2 Å². The zero-order chi connectivity index (χ0) is 26.6. The Balaban J connectivity index is 1.91. The number of halogens is 2. The number of anilines is 1. The summed E-state index contributed by atoms with van der Waals surface area (Å²) < 4.78 is 37.0. The second-order valence-corrected chi connectivity index (χ2v) is 11.6. The van der Waals surface area contributed by atoms with Gasteiger partial charge in [0.05, 0.1) is 22.0 Å². The van der Waals surface area contributed by atoms with E-state index in [1.165, 1.54) is 17.0 Å². The lowest BCUT2D eigenvalue weighted by Crippen LogP contribution is -2.51. The van der Waals surface area contributed by atoms with E-state index >= 15 is 0 Å². The number of benzene rings is 2. The molecular formula is C24H29Cl2N3O6S. The average Bonchev–Trinajstić information content (AvgIpc) is 3.28. The predicted octanol–water partition coefficient (Wildman–Crippen LogP) is 3.68. The molecule has 1 unspecified atom stereocenters. The van der Waals surface area contributed by atoms with E-state index in [0.717, 1.165) is 10.6 Å². The molecule has 0 saturated heterocycles. The molecule has 0 aliphatic carbocycles. The number of nitrogens with one attached hydrogen (secondary N) is 1. The van der Waals surface area contributed by atoms with Crippen molar-refractivity contribution in [2.45, 2.75) is 33.4 Å². The Labute approximate surface area is 221 Å². The van der Waals surface area contributed by atoms with Gasteiger partial charge in [-0.15, -0.1) is 0 Å². The molecule has 1 aliphatic rings. The molecule has 2 amide bonds. The van der Waals surface area contributed by atoms with Crippen molar-refractivity contribution < 1.29 is 27.5 Å². The van der Waals surface area contributed by atoms with Crippen LogP contribution >= 0.6 is 23.2 Å². The van der Waals surface area contributed by atoms with Crippen molar-refractivity contribution in [2.24, 2.45) is 5.92 Å². The van der Waals surface area contributed by atoms with Crippen molar-refractivity contribution in [3.8, 4) is 11.5 Å². The first kappa shape index (κ1) is 27.9. The first-order valence-electron chi connectivity index (χ1n) is 11.2. The monoisotopic (exact) mass is 557 g/mol. The molecule has 0 bridgehead atoms. The number of hydrogen-bond donors (Lipinski definition) is 1. The molecule has 2 aromatic carbocycles. The maximum absolute atomic E-state index is 13.6. The lowest BCUT2D eigenvalue weighted by atomic mass is 10.1. The molecule has 3 rings (SSSR count). The second kappa shape index (κ2) is 11.6. The standard InChI is InChI=1S/C24H29Cl2N3O6S/c1-15(2)11-27-24(31)16(3)28(12-17-5-7-19(25)20(26)9-17)23(30)13-29(36(4,32)33)18-6-8-21-22(10-18)35-14-34-21/h5-10,15-16H,11-14H2,1-4H3,(H,27,31). The van der Waals surface area contributed by atoms with E-state index in [0.29, 0.717) is 33.7 Å². The van der Waals surface area contributed by atoms with Gasteiger partial charge < -0.3 is 19.7 Å². The van der Waals surface area contributed by atoms with Crippen LogP contribution in [0.15, 0.2) is 36.4 Å². The Morgan fingerprint density at radius 1 is 1.03 bits per heavy atom. The van der Waals surface area contributed by atoms with Gasteiger partial charge in [-0.1, -0.05) is 43.1 Å². The smallest absolute Gasteiger partial charge is 0.244 e. The number of hydrogen-bond acceptors (Lipinski definition) is 6. The van der Waals surface area contributed by atoms with E-state index in [4.69, 9.17) is 32.7 Å². The van der Waals surface area contributed by atoms with Crippen LogP contribution < -0.4 is 19.1 Å². The molecule has 0 radical (unpaired) electrons. The SMILES string of the molecule is CC(C)CNC(=O)C(C)N(Cc1ccc(Cl)c(Cl)c1)C(=O)CN(c1ccc2c(c1)OCO2)S(C)(=O)=O. The third kappa shape index (κ3) is 6.96. The maximum Gasteiger partial charge on any atom is 0.244 e. The Morgan fingerprint density at radius 2 is 1.72 bits per heavy atom. The highest BCUT2D eigenvalue weighted by atomic mass is 35.5. The van der Waals surface area contributed by atoms with Gasteiger partial charge in [-0.25, -0.2) is 8.42 Å². The largest absolute Gasteiger partial charge is 0.454 e. The summed E-state index contributed by atoms with van der Waals surface area (Å²) in [5, 5.41) is 3.48. The first-order chi connectivity index (χ1) is 16.9. The van der Waals surface area contributed by atoms with Crippen LogP contribution in [0.3, 0.4) is 0 Å². The fourth-order valence-corrected chi connectivity index (χ4v) is 4.69. The normalized spacial score (nSPS) is 13.4. The highest BCUT2D eigenvalue weighted by Gasteiger charge is 2.31. The molecule has 12 heteroatoms. The van der Waals surface area contributed by atoms with Crippen molar-refractivity contribution in [2.75, 3.05) is 30.4 Å². The van der Waals surface area contributed by atoms with Crippen LogP contribution in [0.4, 0.5) is 5.69 Å². The summed E-state index contributed by atoms with van der Waals surface area (Å²) in [6, 6.07) is 8.62. The fourth-order valence-electron chi connectivity index (χ4n) is 3.52. The Morgan fingerprint density at radius 3 is 2.36 bits per heavy atom. The summed E-state index contributed by atoms with van der Waals surface area (Å²) >= 11 is 12.2. The average molecular weight is 558 g/mol. The minimum Gasteiger partial charge on any atom is -0.454 e. The number of nitrogens with zero attached hydrogens (tertiary/aromatic N) is 2. The maximum atomic E-state index is 13.6. The number of sulfonamides is 1. The number of rotatable bonds is 10. The number of amides is 2. The van der Waals surface area contributed by atoms with Gasteiger partial charge in [-0.2, -0.15) is 0 Å². The Hall–Kier alpha value is -2.69. The van der Waals surface area contributed by atoms with E-state index < -0.39 is 28.5 Å². The number of carbonyl (C=O) groups excluding carboxylic acids is 2. The van der Waals surface area contributed by atoms with Gasteiger partial charge >= 0.3 is 0 Å². The van der Waals surface area contributed by atoms with Gasteiger partial charge in [0.2, 0.25) is 28.6 Å². The minimum atomic E-state index is -3.87. The van der Waals surface area contributed by atoms with Crippen molar-refractivity contribution in [1.29, 1.82) is 0 Å². The van der Waals surface area contributed by atoms with Gasteiger partial charge in [0.15, 0.2) is 11.5 Å². The van der Waals surface area contributed by atoms with Gasteiger partial charge in [-0.3, -0.25) is 13.9 Å². The van der Waals surface area contributed by atoms with Gasteiger partial charge in [0.1, 0.15) is 12.6 Å². The Kier molecular flexibility index (Phi) is 8.97. The van der Waals surface area contributed by atoms with E-state index in [1.807, 2.05) is 13.8 Å². The lowest BCUT2D eigenvalue weighted by Gasteiger charge is -2.31. The molecule has 1 aliphatic heterocycles. The molecule has 0 saturated carbocycles. The van der Waals surface area contributed by atoms with E-state index in [-0.39, 0.29) is 30.9 Å². The highest BCUT2D eigenvalue weighted by Crippen LogP contribution is 2.36. The number of fused-ring (bicyclic) bond motifs is 1. The quantitative estimate of drug-likeness (QED) is 0.477. The summed E-state index contributed by atoms with van der Waals surface area (Å²) in [7, 11) is -3.87. The molecule has 196 valence electrons. The minimum absolute atomic E-state index is 0.0186. The number of carbonyl (C=O) groups is 2. The van der Waals surface area contributed by atoms with E-state index in [9.17, 15) is 18.0 Å². The van der Waals surface area contributed by atoms with Gasteiger partial charge in [-0.05, 0) is 42.7 Å². The highest BCUT2D eigenvalue weighted by molar-refractivity contribution is 7.92. The van der Waals surface area contributed by atoms with Crippen LogP contribution in [-0.2, 0) is 26.2 Å². The van der Waals surface area contributed by atoms with Crippen LogP contribution in [0, 0.1) is 5.92 Å². The molecule has 9 nitrogen and oxygen atoms in total. The third-order valence-corrected chi connectivity index (χ3v) is 7.39. The molecule has 1 heterocycles. The zero-order valence-electron chi connectivity index (χ0n) is 20.5. The van der Waals surface area contributed by atoms with E-state index in [2.05, 4.69) is 5.32 Å². The summed E-state index contributed by atoms with van der Waals surface area (Å²) in [4.78, 5) is 27.8. The molecule has 2 aromatic rings. The van der Waals surface area contributed by atoms with Crippen molar-refractivity contribution >= 4 is 50.7 Å². The molecular weight excluding hydrogens is 529 g/mol. The summed E-state index contributed by atoms with van der Waals surface area (Å²) in [5.74, 6) is 0.146. The van der Waals surface area contributed by atoms with E-state index in [1.54, 1.807) is 31.2 Å². The fraction of sp³-hybridized carbons (Fsp3) is 0.417. The Bertz CT molecular complexity index is 1240. The molecule has 1 atom stereocenters. The molecule has 36 heavy (non-hydrogen) atoms. The predicted molar refractivity (Wildman–Crippen MR) is 139 cm³/mol. The summed E-state index contributed by atoms with van der Waals surface area (Å²) in [6.45, 7) is 5.46. The van der Waals surface area contributed by atoms with Crippen LogP contribution in [0.5, 0.6) is 11.5 Å². The molecule has 0 spiro atoms. The number of ether oxygens (including phenoxy) is 2. The second-order valence-electron chi connectivity index (χ2n) is 8.89. The van der Waals surface area contributed by atoms with Gasteiger partial charge in [0, 0.05) is 19.2 Å². The van der Waals surface area contributed by atoms with Crippen LogP contribution in [0.2, 0.25) is 10.0 Å².